The topological polar surface area (TPSA) is 17.1 Å². The van der Waals surface area contributed by atoms with Crippen LogP contribution in [0.25, 0.3) is 0 Å². The van der Waals surface area contributed by atoms with Gasteiger partial charge in [-0.15, -0.1) is 0 Å². The van der Waals surface area contributed by atoms with Crippen molar-refractivity contribution in [2.45, 2.75) is 0 Å². The van der Waals surface area contributed by atoms with Gasteiger partial charge >= 0.3 is 79.5 Å². The van der Waals surface area contributed by atoms with Gasteiger partial charge < -0.3 is 0 Å². The van der Waals surface area contributed by atoms with Gasteiger partial charge in [-0.05, 0) is 0 Å². The first-order chi connectivity index (χ1) is 1.41. The molecule has 0 saturated heterocycles. The number of rotatable bonds is 0. The Morgan fingerprint density at radius 3 is 1.75 bits per heavy atom. The molecule has 0 spiro atoms. The van der Waals surface area contributed by atoms with Gasteiger partial charge in [0.1, 0.15) is 0 Å². The SMILES string of the molecule is [KH].[O]=[Al][Cl]. The second-order valence-corrected chi connectivity index (χ2v) is 0.802. The summed E-state index contributed by atoms with van der Waals surface area (Å²) >= 11 is -1.03. The van der Waals surface area contributed by atoms with E-state index in [1.54, 1.807) is 0 Å². The van der Waals surface area contributed by atoms with Crippen LogP contribution in [-0.4, -0.2) is 65.6 Å². The van der Waals surface area contributed by atoms with Crippen molar-refractivity contribution in [3.05, 3.63) is 0 Å². The Balaban J connectivity index is 0. The van der Waals surface area contributed by atoms with Crippen molar-refractivity contribution in [3.63, 3.8) is 0 Å². The van der Waals surface area contributed by atoms with Crippen LogP contribution in [0.1, 0.15) is 0 Å². The fourth-order valence-electron chi connectivity index (χ4n) is 0. The molecular formula is HAlClKO. The molecule has 0 aliphatic rings. The summed E-state index contributed by atoms with van der Waals surface area (Å²) in [5.41, 5.74) is 0. The quantitative estimate of drug-likeness (QED) is 0.394. The van der Waals surface area contributed by atoms with Crippen LogP contribution < -0.4 is 0 Å². The second-order valence-electron chi connectivity index (χ2n) is 0.0891. The molecule has 1 nitrogen and oxygen atoms in total. The molecule has 0 saturated carbocycles. The number of hydrogen-bond donors (Lipinski definition) is 0. The third-order valence-corrected chi connectivity index (χ3v) is 0. The molecule has 0 heterocycles. The van der Waals surface area contributed by atoms with Crippen molar-refractivity contribution < 1.29 is 3.80 Å². The molecular weight excluding hydrogens is 118 g/mol. The van der Waals surface area contributed by atoms with Gasteiger partial charge in [0.05, 0.1) is 0 Å². The van der Waals surface area contributed by atoms with Gasteiger partial charge in [0, 0.05) is 0 Å². The summed E-state index contributed by atoms with van der Waals surface area (Å²) in [5.74, 6) is 0. The maximum absolute atomic E-state index is 8.78. The molecule has 0 aliphatic carbocycles. The van der Waals surface area contributed by atoms with Crippen molar-refractivity contribution >= 4 is 75.7 Å². The summed E-state index contributed by atoms with van der Waals surface area (Å²) in [6, 6.07) is 0. The van der Waals surface area contributed by atoms with Crippen LogP contribution in [0.5, 0.6) is 0 Å². The predicted octanol–water partition coefficient (Wildman–Crippen LogP) is -0.459. The average molecular weight is 119 g/mol. The van der Waals surface area contributed by atoms with E-state index in [0.29, 0.717) is 0 Å². The first kappa shape index (κ1) is 9.54. The van der Waals surface area contributed by atoms with E-state index >= 15 is 0 Å². The molecule has 0 radical (unpaired) electrons. The predicted molar refractivity (Wildman–Crippen MR) is 19.4 cm³/mol. The van der Waals surface area contributed by atoms with Crippen molar-refractivity contribution in [2.75, 3.05) is 0 Å². The summed E-state index contributed by atoms with van der Waals surface area (Å²) in [6.45, 7) is 0. The number of hydrogen-bond acceptors (Lipinski definition) is 1. The molecule has 0 atom stereocenters. The molecule has 0 fully saturated rings. The molecule has 0 aliphatic heterocycles. The van der Waals surface area contributed by atoms with Crippen molar-refractivity contribution in [1.82, 2.24) is 0 Å². The van der Waals surface area contributed by atoms with Crippen LogP contribution in [0.3, 0.4) is 0 Å². The number of halogens is 1. The zero-order valence-electron chi connectivity index (χ0n) is 1.36. The van der Waals surface area contributed by atoms with E-state index in [9.17, 15) is 0 Å². The molecule has 0 amide bonds. The minimum atomic E-state index is -1.03. The van der Waals surface area contributed by atoms with E-state index in [1.807, 2.05) is 0 Å². The zero-order chi connectivity index (χ0) is 2.71. The van der Waals surface area contributed by atoms with Crippen LogP contribution in [0, 0.1) is 0 Å². The van der Waals surface area contributed by atoms with Gasteiger partial charge in [-0.1, -0.05) is 0 Å². The third-order valence-electron chi connectivity index (χ3n) is 0. The van der Waals surface area contributed by atoms with Crippen molar-refractivity contribution in [1.29, 1.82) is 0 Å². The second kappa shape index (κ2) is 8.98. The van der Waals surface area contributed by atoms with Crippen molar-refractivity contribution in [2.24, 2.45) is 0 Å². The van der Waals surface area contributed by atoms with E-state index in [4.69, 9.17) is 3.80 Å². The van der Waals surface area contributed by atoms with E-state index in [1.165, 1.54) is 0 Å². The average Bonchev–Trinajstić information content (AvgIpc) is 0.918. The molecule has 18 valence electrons. The zero-order valence-corrected chi connectivity index (χ0v) is 3.27. The minimum absolute atomic E-state index is 0. The molecule has 0 bridgehead atoms. The van der Waals surface area contributed by atoms with Crippen molar-refractivity contribution in [3.8, 4) is 0 Å². The van der Waals surface area contributed by atoms with Gasteiger partial charge in [0.25, 0.3) is 0 Å². The molecule has 0 rings (SSSR count). The molecule has 0 aromatic rings. The van der Waals surface area contributed by atoms with Gasteiger partial charge in [-0.2, -0.15) is 0 Å². The van der Waals surface area contributed by atoms with Gasteiger partial charge in [-0.3, -0.25) is 0 Å². The Bertz CT molecular complexity index is 15.5. The molecule has 0 unspecified atom stereocenters. The standard InChI is InChI=1S/Al.ClH.K.O.H/h;1H;;;/q+1;;;;/p-1. The fraction of sp³-hybridized carbons (Fsp3) is 0. The fourth-order valence-corrected chi connectivity index (χ4v) is 0. The Morgan fingerprint density at radius 2 is 1.75 bits per heavy atom. The Morgan fingerprint density at radius 1 is 1.75 bits per heavy atom. The van der Waals surface area contributed by atoms with Gasteiger partial charge in [0.2, 0.25) is 0 Å². The van der Waals surface area contributed by atoms with E-state index in [-0.39, 0.29) is 51.4 Å². The van der Waals surface area contributed by atoms with Crippen LogP contribution in [-0.2, 0) is 3.80 Å². The summed E-state index contributed by atoms with van der Waals surface area (Å²) in [6.07, 6.45) is 0. The summed E-state index contributed by atoms with van der Waals surface area (Å²) in [4.78, 5) is 0. The van der Waals surface area contributed by atoms with Gasteiger partial charge in [0.15, 0.2) is 0 Å². The van der Waals surface area contributed by atoms with Crippen LogP contribution in [0.4, 0.5) is 0 Å². The molecule has 4 heteroatoms. The van der Waals surface area contributed by atoms with Gasteiger partial charge in [-0.25, -0.2) is 0 Å². The van der Waals surface area contributed by atoms with E-state index in [0.717, 1.165) is 0 Å². The first-order valence-electron chi connectivity index (χ1n) is 0.454. The molecule has 0 aromatic carbocycles. The summed E-state index contributed by atoms with van der Waals surface area (Å²) in [5, 5.41) is 0. The van der Waals surface area contributed by atoms with E-state index < -0.39 is 14.2 Å². The molecule has 0 N–H and O–H groups in total. The Kier molecular flexibility index (Phi) is 21.4. The van der Waals surface area contributed by atoms with Crippen LogP contribution in [0.15, 0.2) is 0 Å². The van der Waals surface area contributed by atoms with E-state index in [2.05, 4.69) is 10.0 Å². The summed E-state index contributed by atoms with van der Waals surface area (Å²) in [7, 11) is 4.53. The monoisotopic (exact) mass is 118 g/mol. The van der Waals surface area contributed by atoms with Crippen LogP contribution >= 0.6 is 10.0 Å². The Hall–Kier alpha value is 2.26. The summed E-state index contributed by atoms with van der Waals surface area (Å²) < 4.78 is 8.78. The normalized spacial score (nSPS) is 2.25. The Labute approximate surface area is 77.6 Å². The van der Waals surface area contributed by atoms with Crippen LogP contribution in [0.2, 0.25) is 0 Å². The molecule has 0 aromatic heterocycles. The third kappa shape index (κ3) is 8.86. The first-order valence-corrected chi connectivity index (χ1v) is 2.67. The molecule has 4 heavy (non-hydrogen) atoms. The maximum atomic E-state index is 8.78.